The molecule has 2 heterocycles. The van der Waals surface area contributed by atoms with Crippen LogP contribution in [-0.2, 0) is 6.42 Å². The van der Waals surface area contributed by atoms with Crippen LogP contribution < -0.4 is 5.32 Å². The highest BCUT2D eigenvalue weighted by atomic mass is 16.3. The van der Waals surface area contributed by atoms with Crippen molar-refractivity contribution in [3.8, 4) is 0 Å². The van der Waals surface area contributed by atoms with Gasteiger partial charge in [0.1, 0.15) is 17.6 Å². The molecule has 1 aromatic carbocycles. The van der Waals surface area contributed by atoms with Crippen molar-refractivity contribution in [3.63, 3.8) is 0 Å². The zero-order valence-corrected chi connectivity index (χ0v) is 12.5. The predicted molar refractivity (Wildman–Crippen MR) is 79.5 cm³/mol. The second-order valence-corrected chi connectivity index (χ2v) is 5.58. The fourth-order valence-corrected chi connectivity index (χ4v) is 2.98. The molecule has 1 aliphatic heterocycles. The lowest BCUT2D eigenvalue weighted by Gasteiger charge is -2.19. The lowest BCUT2D eigenvalue weighted by Crippen LogP contribution is -2.31. The molecular formula is C17H19NO3. The van der Waals surface area contributed by atoms with E-state index in [2.05, 4.69) is 5.32 Å². The molecule has 1 aliphatic rings. The molecule has 1 atom stereocenters. The van der Waals surface area contributed by atoms with Crippen LogP contribution in [0.5, 0.6) is 0 Å². The molecular weight excluding hydrogens is 266 g/mol. The van der Waals surface area contributed by atoms with E-state index in [1.54, 1.807) is 6.07 Å². The molecule has 0 saturated carbocycles. The zero-order valence-electron chi connectivity index (χ0n) is 12.5. The van der Waals surface area contributed by atoms with Crippen LogP contribution in [0.3, 0.4) is 0 Å². The number of hydrogen-bond acceptors (Lipinski definition) is 3. The normalized spacial score (nSPS) is 15.5. The Labute approximate surface area is 123 Å². The van der Waals surface area contributed by atoms with Gasteiger partial charge >= 0.3 is 0 Å². The third kappa shape index (κ3) is 2.25. The van der Waals surface area contributed by atoms with Crippen LogP contribution in [0.1, 0.15) is 50.2 Å². The molecule has 110 valence electrons. The molecule has 4 heteroatoms. The number of benzene rings is 1. The summed E-state index contributed by atoms with van der Waals surface area (Å²) in [5.74, 6) is 1.47. The van der Waals surface area contributed by atoms with Gasteiger partial charge in [-0.25, -0.2) is 0 Å². The first-order chi connectivity index (χ1) is 9.99. The summed E-state index contributed by atoms with van der Waals surface area (Å²) in [4.78, 5) is 11.9. The fourth-order valence-electron chi connectivity index (χ4n) is 2.98. The minimum absolute atomic E-state index is 0.0675. The Morgan fingerprint density at radius 2 is 2.00 bits per heavy atom. The van der Waals surface area contributed by atoms with Gasteiger partial charge in [0.05, 0.1) is 0 Å². The maximum atomic E-state index is 11.9. The number of rotatable bonds is 2. The van der Waals surface area contributed by atoms with E-state index in [0.29, 0.717) is 12.1 Å². The van der Waals surface area contributed by atoms with Gasteiger partial charge < -0.3 is 14.8 Å². The molecule has 0 bridgehead atoms. The molecule has 2 aromatic rings. The number of aliphatic hydroxyl groups is 1. The molecule has 4 nitrogen and oxygen atoms in total. The number of nitrogens with one attached hydrogen (secondary N) is 1. The van der Waals surface area contributed by atoms with E-state index in [9.17, 15) is 9.90 Å². The lowest BCUT2D eigenvalue weighted by atomic mass is 9.92. The van der Waals surface area contributed by atoms with Crippen molar-refractivity contribution in [1.82, 2.24) is 5.32 Å². The van der Waals surface area contributed by atoms with Crippen LogP contribution in [0, 0.1) is 20.8 Å². The Hall–Kier alpha value is -2.07. The first kappa shape index (κ1) is 13.9. The summed E-state index contributed by atoms with van der Waals surface area (Å²) >= 11 is 0. The number of carbonyl (C=O) groups excluding carboxylic acids is 1. The number of furan rings is 1. The van der Waals surface area contributed by atoms with E-state index in [0.717, 1.165) is 40.2 Å². The second-order valence-electron chi connectivity index (χ2n) is 5.58. The van der Waals surface area contributed by atoms with Crippen LogP contribution in [0.25, 0.3) is 0 Å². The highest BCUT2D eigenvalue weighted by Gasteiger charge is 2.23. The van der Waals surface area contributed by atoms with Crippen molar-refractivity contribution >= 4 is 5.91 Å². The summed E-state index contributed by atoms with van der Waals surface area (Å²) in [7, 11) is 0. The molecule has 21 heavy (non-hydrogen) atoms. The number of aliphatic hydroxyl groups excluding tert-OH is 1. The number of aryl methyl sites for hydroxylation is 2. The van der Waals surface area contributed by atoms with E-state index in [-0.39, 0.29) is 5.91 Å². The SMILES string of the molecule is Cc1oc(C)c(C(O)c2ccc3c(c2)C(=O)NCC3)c1C. The van der Waals surface area contributed by atoms with Gasteiger partial charge in [0, 0.05) is 17.7 Å². The largest absolute Gasteiger partial charge is 0.466 e. The van der Waals surface area contributed by atoms with Crippen LogP contribution in [-0.4, -0.2) is 17.6 Å². The fraction of sp³-hybridized carbons (Fsp3) is 0.353. The summed E-state index contributed by atoms with van der Waals surface area (Å²) in [6.45, 7) is 6.35. The summed E-state index contributed by atoms with van der Waals surface area (Å²) in [5, 5.41) is 13.5. The molecule has 1 aromatic heterocycles. The van der Waals surface area contributed by atoms with Gasteiger partial charge in [-0.3, -0.25) is 4.79 Å². The smallest absolute Gasteiger partial charge is 0.251 e. The predicted octanol–water partition coefficient (Wildman–Crippen LogP) is 2.57. The Morgan fingerprint density at radius 3 is 2.67 bits per heavy atom. The molecule has 0 spiro atoms. The van der Waals surface area contributed by atoms with Gasteiger partial charge in [0.25, 0.3) is 5.91 Å². The second kappa shape index (κ2) is 5.04. The van der Waals surface area contributed by atoms with Crippen LogP contribution in [0.2, 0.25) is 0 Å². The summed E-state index contributed by atoms with van der Waals surface area (Å²) in [5.41, 5.74) is 4.17. The van der Waals surface area contributed by atoms with Crippen molar-refractivity contribution < 1.29 is 14.3 Å². The van der Waals surface area contributed by atoms with Crippen LogP contribution in [0.4, 0.5) is 0 Å². The minimum Gasteiger partial charge on any atom is -0.466 e. The summed E-state index contributed by atoms with van der Waals surface area (Å²) in [6, 6.07) is 5.61. The topological polar surface area (TPSA) is 62.5 Å². The summed E-state index contributed by atoms with van der Waals surface area (Å²) in [6.07, 6.45) is 0.0582. The standard InChI is InChI=1S/C17H19NO3/c1-9-10(2)21-11(3)15(9)16(19)13-5-4-12-6-7-18-17(20)14(12)8-13/h4-5,8,16,19H,6-7H2,1-3H3,(H,18,20). The molecule has 2 N–H and O–H groups in total. The first-order valence-corrected chi connectivity index (χ1v) is 7.14. The number of carbonyl (C=O) groups is 1. The van der Waals surface area contributed by atoms with Crippen LogP contribution in [0.15, 0.2) is 22.6 Å². The van der Waals surface area contributed by atoms with Crippen LogP contribution >= 0.6 is 0 Å². The van der Waals surface area contributed by atoms with Gasteiger partial charge in [-0.1, -0.05) is 12.1 Å². The maximum Gasteiger partial charge on any atom is 0.251 e. The van der Waals surface area contributed by atoms with Gasteiger partial charge in [-0.2, -0.15) is 0 Å². The molecule has 0 aliphatic carbocycles. The average molecular weight is 285 g/mol. The molecule has 0 fully saturated rings. The molecule has 3 rings (SSSR count). The van der Waals surface area contributed by atoms with Crippen molar-refractivity contribution in [2.24, 2.45) is 0 Å². The third-order valence-corrected chi connectivity index (χ3v) is 4.27. The average Bonchev–Trinajstić information content (AvgIpc) is 2.71. The van der Waals surface area contributed by atoms with E-state index in [4.69, 9.17) is 4.42 Å². The Balaban J connectivity index is 2.04. The Morgan fingerprint density at radius 1 is 1.24 bits per heavy atom. The van der Waals surface area contributed by atoms with E-state index in [1.165, 1.54) is 0 Å². The molecule has 1 unspecified atom stereocenters. The third-order valence-electron chi connectivity index (χ3n) is 4.27. The van der Waals surface area contributed by atoms with Crippen molar-refractivity contribution in [3.05, 3.63) is 57.5 Å². The van der Waals surface area contributed by atoms with Gasteiger partial charge in [-0.15, -0.1) is 0 Å². The number of fused-ring (bicyclic) bond motifs is 1. The lowest BCUT2D eigenvalue weighted by molar-refractivity contribution is 0.0945. The Bertz CT molecular complexity index is 715. The van der Waals surface area contributed by atoms with Gasteiger partial charge in [0.15, 0.2) is 0 Å². The monoisotopic (exact) mass is 285 g/mol. The highest BCUT2D eigenvalue weighted by Crippen LogP contribution is 2.32. The maximum absolute atomic E-state index is 11.9. The van der Waals surface area contributed by atoms with E-state index >= 15 is 0 Å². The zero-order chi connectivity index (χ0) is 15.1. The number of amides is 1. The van der Waals surface area contributed by atoms with Crippen molar-refractivity contribution in [2.75, 3.05) is 6.54 Å². The molecule has 0 saturated heterocycles. The highest BCUT2D eigenvalue weighted by molar-refractivity contribution is 5.96. The molecule has 0 radical (unpaired) electrons. The van der Waals surface area contributed by atoms with Gasteiger partial charge in [-0.05, 0) is 49.9 Å². The number of hydrogen-bond donors (Lipinski definition) is 2. The van der Waals surface area contributed by atoms with Crippen molar-refractivity contribution in [2.45, 2.75) is 33.3 Å². The Kier molecular flexibility index (Phi) is 3.33. The van der Waals surface area contributed by atoms with E-state index < -0.39 is 6.10 Å². The quantitative estimate of drug-likeness (QED) is 0.891. The van der Waals surface area contributed by atoms with Crippen molar-refractivity contribution in [1.29, 1.82) is 0 Å². The first-order valence-electron chi connectivity index (χ1n) is 7.14. The van der Waals surface area contributed by atoms with Gasteiger partial charge in [0.2, 0.25) is 0 Å². The van der Waals surface area contributed by atoms with E-state index in [1.807, 2.05) is 32.9 Å². The minimum atomic E-state index is -0.775. The molecule has 1 amide bonds. The summed E-state index contributed by atoms with van der Waals surface area (Å²) < 4.78 is 5.58.